The maximum Gasteiger partial charge on any atom is 0.191 e. The van der Waals surface area contributed by atoms with Crippen LogP contribution in [0, 0.1) is 0 Å². The molecule has 0 radical (unpaired) electrons. The molecule has 138 valence electrons. The third-order valence-electron chi connectivity index (χ3n) is 4.54. The lowest BCUT2D eigenvalue weighted by atomic mass is 10.1. The van der Waals surface area contributed by atoms with Crippen LogP contribution >= 0.6 is 0 Å². The molecule has 1 aromatic carbocycles. The Hall–Kier alpha value is -1.96. The molecule has 2 aliphatic heterocycles. The van der Waals surface area contributed by atoms with Crippen LogP contribution in [0.25, 0.3) is 0 Å². The van der Waals surface area contributed by atoms with Crippen LogP contribution in [0.2, 0.25) is 0 Å². The molecule has 0 bridgehead atoms. The molecule has 8 heteroatoms. The first-order valence-corrected chi connectivity index (χ1v) is 10.3. The summed E-state index contributed by atoms with van der Waals surface area (Å²) in [5.41, 5.74) is 2.13. The van der Waals surface area contributed by atoms with Crippen molar-refractivity contribution in [3.63, 3.8) is 0 Å². The molecule has 0 aromatic heterocycles. The number of nitrogens with one attached hydrogen (secondary N) is 2. The summed E-state index contributed by atoms with van der Waals surface area (Å²) < 4.78 is 34.5. The molecular formula is C17H25N3O4S. The van der Waals surface area contributed by atoms with Gasteiger partial charge in [-0.1, -0.05) is 0 Å². The minimum Gasteiger partial charge on any atom is -0.496 e. The van der Waals surface area contributed by atoms with E-state index in [0.717, 1.165) is 29.0 Å². The van der Waals surface area contributed by atoms with Crippen molar-refractivity contribution in [2.24, 2.45) is 4.99 Å². The summed E-state index contributed by atoms with van der Waals surface area (Å²) in [6, 6.07) is 3.93. The first kappa shape index (κ1) is 17.8. The fraction of sp³-hybridized carbons (Fsp3) is 0.588. The number of guanidine groups is 1. The highest BCUT2D eigenvalue weighted by Gasteiger charge is 2.28. The molecule has 1 saturated heterocycles. The lowest BCUT2D eigenvalue weighted by molar-refractivity contribution is 0.254. The first-order chi connectivity index (χ1) is 11.9. The fourth-order valence-electron chi connectivity index (χ4n) is 3.29. The Bertz CT molecular complexity index is 776. The van der Waals surface area contributed by atoms with Crippen molar-refractivity contribution < 1.29 is 17.9 Å². The summed E-state index contributed by atoms with van der Waals surface area (Å²) in [7, 11) is 0.403. The van der Waals surface area contributed by atoms with Gasteiger partial charge in [-0.3, -0.25) is 4.99 Å². The third-order valence-corrected chi connectivity index (χ3v) is 6.31. The third kappa shape index (κ3) is 4.18. The van der Waals surface area contributed by atoms with E-state index < -0.39 is 9.84 Å². The number of hydrogen-bond donors (Lipinski definition) is 2. The number of benzene rings is 1. The van der Waals surface area contributed by atoms with E-state index in [0.29, 0.717) is 18.9 Å². The van der Waals surface area contributed by atoms with E-state index in [9.17, 15) is 8.42 Å². The molecule has 2 unspecified atom stereocenters. The predicted molar refractivity (Wildman–Crippen MR) is 97.2 cm³/mol. The molecule has 2 heterocycles. The van der Waals surface area contributed by atoms with Crippen LogP contribution in [0.15, 0.2) is 17.1 Å². The van der Waals surface area contributed by atoms with Crippen LogP contribution < -0.4 is 20.1 Å². The second kappa shape index (κ2) is 7.11. The first-order valence-electron chi connectivity index (χ1n) is 8.44. The predicted octanol–water partition coefficient (Wildman–Crippen LogP) is 0.871. The highest BCUT2D eigenvalue weighted by Crippen LogP contribution is 2.34. The Morgan fingerprint density at radius 3 is 2.88 bits per heavy atom. The van der Waals surface area contributed by atoms with Gasteiger partial charge in [0, 0.05) is 37.2 Å². The van der Waals surface area contributed by atoms with Gasteiger partial charge < -0.3 is 20.1 Å². The normalized spacial score (nSPS) is 24.5. The van der Waals surface area contributed by atoms with Crippen LogP contribution in [0.5, 0.6) is 11.5 Å². The van der Waals surface area contributed by atoms with Crippen LogP contribution in [0.1, 0.15) is 24.5 Å². The molecule has 2 aliphatic rings. The quantitative estimate of drug-likeness (QED) is 0.606. The van der Waals surface area contributed by atoms with Gasteiger partial charge in [0.25, 0.3) is 0 Å². The van der Waals surface area contributed by atoms with Crippen molar-refractivity contribution in [3.8, 4) is 11.5 Å². The molecule has 1 aromatic rings. The number of ether oxygens (including phenoxy) is 2. The number of aliphatic imine (C=N–C) groups is 1. The van der Waals surface area contributed by atoms with Gasteiger partial charge in [0.05, 0.1) is 18.6 Å². The molecule has 0 amide bonds. The number of nitrogens with zero attached hydrogens (tertiary/aromatic N) is 1. The van der Waals surface area contributed by atoms with Crippen LogP contribution in [0.3, 0.4) is 0 Å². The van der Waals surface area contributed by atoms with Gasteiger partial charge in [-0.15, -0.1) is 0 Å². The molecule has 2 N–H and O–H groups in total. The van der Waals surface area contributed by atoms with E-state index in [1.807, 2.05) is 19.1 Å². The number of sulfone groups is 1. The van der Waals surface area contributed by atoms with Crippen LogP contribution in [-0.4, -0.2) is 52.2 Å². The van der Waals surface area contributed by atoms with Gasteiger partial charge in [-0.25, -0.2) is 8.42 Å². The summed E-state index contributed by atoms with van der Waals surface area (Å²) >= 11 is 0. The number of hydrogen-bond acceptors (Lipinski definition) is 5. The number of methoxy groups -OCH3 is 1. The van der Waals surface area contributed by atoms with Crippen molar-refractivity contribution in [2.75, 3.05) is 25.7 Å². The van der Waals surface area contributed by atoms with E-state index in [4.69, 9.17) is 9.47 Å². The minimum atomic E-state index is -2.92. The highest BCUT2D eigenvalue weighted by atomic mass is 32.2. The zero-order valence-electron chi connectivity index (χ0n) is 14.8. The second-order valence-corrected chi connectivity index (χ2v) is 8.80. The van der Waals surface area contributed by atoms with Gasteiger partial charge in [-0.05, 0) is 25.5 Å². The zero-order chi connectivity index (χ0) is 18.0. The summed E-state index contributed by atoms with van der Waals surface area (Å²) in [5, 5.41) is 6.40. The maximum atomic E-state index is 11.6. The molecule has 7 nitrogen and oxygen atoms in total. The van der Waals surface area contributed by atoms with Crippen molar-refractivity contribution in [3.05, 3.63) is 23.3 Å². The van der Waals surface area contributed by atoms with Gasteiger partial charge in [0.2, 0.25) is 0 Å². The van der Waals surface area contributed by atoms with Crippen LogP contribution in [-0.2, 0) is 22.8 Å². The van der Waals surface area contributed by atoms with Gasteiger partial charge in [0.15, 0.2) is 15.8 Å². The summed E-state index contributed by atoms with van der Waals surface area (Å²) in [5.74, 6) is 2.67. The molecule has 3 rings (SSSR count). The smallest absolute Gasteiger partial charge is 0.191 e. The van der Waals surface area contributed by atoms with Crippen molar-refractivity contribution in [1.29, 1.82) is 0 Å². The van der Waals surface area contributed by atoms with Gasteiger partial charge in [0.1, 0.15) is 17.6 Å². The van der Waals surface area contributed by atoms with E-state index in [-0.39, 0.29) is 23.7 Å². The Labute approximate surface area is 148 Å². The minimum absolute atomic E-state index is 0.0951. The Morgan fingerprint density at radius 2 is 2.24 bits per heavy atom. The van der Waals surface area contributed by atoms with E-state index in [1.54, 1.807) is 14.2 Å². The fourth-order valence-corrected chi connectivity index (χ4v) is 4.96. The monoisotopic (exact) mass is 367 g/mol. The molecule has 2 atom stereocenters. The summed E-state index contributed by atoms with van der Waals surface area (Å²) in [6.07, 6.45) is 1.68. The zero-order valence-corrected chi connectivity index (χ0v) is 15.6. The average Bonchev–Trinajstić information content (AvgIpc) is 3.10. The lowest BCUT2D eigenvalue weighted by Crippen LogP contribution is -2.43. The topological polar surface area (TPSA) is 89.0 Å². The number of rotatable bonds is 4. The largest absolute Gasteiger partial charge is 0.496 e. The van der Waals surface area contributed by atoms with E-state index in [1.165, 1.54) is 0 Å². The average molecular weight is 367 g/mol. The lowest BCUT2D eigenvalue weighted by Gasteiger charge is -2.17. The highest BCUT2D eigenvalue weighted by molar-refractivity contribution is 7.91. The molecule has 1 fully saturated rings. The standard InChI is InChI=1S/C17H25N3O4S/c1-11-6-12-7-15(23-3)13(8-16(12)24-11)9-19-17(18-2)20-14-4-5-25(21,22)10-14/h7-8,11,14H,4-6,9-10H2,1-3H3,(H2,18,19,20). The summed E-state index contributed by atoms with van der Waals surface area (Å²) in [4.78, 5) is 4.18. The Balaban J connectivity index is 1.65. The van der Waals surface area contributed by atoms with Crippen LogP contribution in [0.4, 0.5) is 0 Å². The molecule has 25 heavy (non-hydrogen) atoms. The van der Waals surface area contributed by atoms with Crippen molar-refractivity contribution in [1.82, 2.24) is 10.6 Å². The summed E-state index contributed by atoms with van der Waals surface area (Å²) in [6.45, 7) is 2.55. The molecular weight excluding hydrogens is 342 g/mol. The molecule has 0 aliphatic carbocycles. The van der Waals surface area contributed by atoms with Gasteiger partial charge in [-0.2, -0.15) is 0 Å². The second-order valence-electron chi connectivity index (χ2n) is 6.57. The van der Waals surface area contributed by atoms with Crippen molar-refractivity contribution in [2.45, 2.75) is 38.5 Å². The number of fused-ring (bicyclic) bond motifs is 1. The van der Waals surface area contributed by atoms with Crippen molar-refractivity contribution >= 4 is 15.8 Å². The van der Waals surface area contributed by atoms with E-state index in [2.05, 4.69) is 15.6 Å². The Kier molecular flexibility index (Phi) is 5.08. The maximum absolute atomic E-state index is 11.6. The van der Waals surface area contributed by atoms with E-state index >= 15 is 0 Å². The van der Waals surface area contributed by atoms with Gasteiger partial charge >= 0.3 is 0 Å². The molecule has 0 spiro atoms. The molecule has 0 saturated carbocycles. The Morgan fingerprint density at radius 1 is 1.44 bits per heavy atom. The SMILES string of the molecule is CN=C(NCc1cc2c(cc1OC)CC(C)O2)NC1CCS(=O)(=O)C1.